The van der Waals surface area contributed by atoms with Crippen molar-refractivity contribution in [1.29, 1.82) is 0 Å². The molecule has 1 rings (SSSR count). The summed E-state index contributed by atoms with van der Waals surface area (Å²) in [6.45, 7) is 4.63. The predicted molar refractivity (Wildman–Crippen MR) is 60.8 cm³/mol. The van der Waals surface area contributed by atoms with Crippen LogP contribution in [0.3, 0.4) is 0 Å². The van der Waals surface area contributed by atoms with Crippen molar-refractivity contribution in [3.63, 3.8) is 0 Å². The zero-order chi connectivity index (χ0) is 10.6. The van der Waals surface area contributed by atoms with E-state index in [4.69, 9.17) is 9.47 Å². The average molecular weight is 259 g/mol. The molecule has 2 nitrogen and oxygen atoms in total. The van der Waals surface area contributed by atoms with Gasteiger partial charge in [0.1, 0.15) is 11.9 Å². The Balaban J connectivity index is 2.67. The van der Waals surface area contributed by atoms with E-state index in [0.29, 0.717) is 6.61 Å². The van der Waals surface area contributed by atoms with Gasteiger partial charge in [-0.3, -0.25) is 0 Å². The first-order chi connectivity index (χ1) is 6.63. The van der Waals surface area contributed by atoms with Crippen molar-refractivity contribution in [3.8, 4) is 5.75 Å². The highest BCUT2D eigenvalue weighted by molar-refractivity contribution is 9.10. The fraction of sp³-hybridized carbons (Fsp3) is 0.455. The molecule has 1 atom stereocenters. The molecule has 1 aromatic carbocycles. The van der Waals surface area contributed by atoms with Crippen LogP contribution in [0.15, 0.2) is 22.7 Å². The number of rotatable bonds is 4. The van der Waals surface area contributed by atoms with E-state index in [2.05, 4.69) is 15.9 Å². The topological polar surface area (TPSA) is 18.5 Å². The number of ether oxygens (including phenoxy) is 2. The minimum atomic E-state index is 0.0832. The fourth-order valence-corrected chi connectivity index (χ4v) is 1.71. The smallest absolute Gasteiger partial charge is 0.122 e. The van der Waals surface area contributed by atoms with Gasteiger partial charge >= 0.3 is 0 Å². The van der Waals surface area contributed by atoms with Crippen molar-refractivity contribution in [2.24, 2.45) is 0 Å². The van der Waals surface area contributed by atoms with Gasteiger partial charge in [-0.1, -0.05) is 15.9 Å². The normalized spacial score (nSPS) is 12.6. The molecule has 0 aromatic heterocycles. The molecule has 0 aliphatic heterocycles. The largest absolute Gasteiger partial charge is 0.488 e. The van der Waals surface area contributed by atoms with Crippen molar-refractivity contribution in [1.82, 2.24) is 0 Å². The number of benzene rings is 1. The minimum Gasteiger partial charge on any atom is -0.488 e. The molecule has 3 heteroatoms. The molecule has 0 saturated heterocycles. The van der Waals surface area contributed by atoms with Crippen LogP contribution in [-0.2, 0) is 4.74 Å². The quantitative estimate of drug-likeness (QED) is 0.826. The molecule has 0 heterocycles. The van der Waals surface area contributed by atoms with E-state index in [1.54, 1.807) is 7.11 Å². The van der Waals surface area contributed by atoms with E-state index in [1.807, 2.05) is 32.0 Å². The summed E-state index contributed by atoms with van der Waals surface area (Å²) < 4.78 is 11.8. The molecule has 0 aliphatic rings. The highest BCUT2D eigenvalue weighted by atomic mass is 79.9. The van der Waals surface area contributed by atoms with Crippen LogP contribution < -0.4 is 4.74 Å². The Hall–Kier alpha value is -0.540. The maximum atomic E-state index is 5.69. The van der Waals surface area contributed by atoms with Crippen molar-refractivity contribution in [2.45, 2.75) is 20.0 Å². The van der Waals surface area contributed by atoms with Crippen LogP contribution in [0.25, 0.3) is 0 Å². The van der Waals surface area contributed by atoms with Gasteiger partial charge in [0.25, 0.3) is 0 Å². The summed E-state index contributed by atoms with van der Waals surface area (Å²) in [6.07, 6.45) is 0.0832. The van der Waals surface area contributed by atoms with Gasteiger partial charge in [-0.25, -0.2) is 0 Å². The van der Waals surface area contributed by atoms with E-state index < -0.39 is 0 Å². The second-order valence-corrected chi connectivity index (χ2v) is 4.21. The van der Waals surface area contributed by atoms with Gasteiger partial charge in [0, 0.05) is 11.6 Å². The first kappa shape index (κ1) is 11.5. The monoisotopic (exact) mass is 258 g/mol. The Morgan fingerprint density at radius 2 is 2.14 bits per heavy atom. The van der Waals surface area contributed by atoms with Crippen LogP contribution in [0.1, 0.15) is 12.5 Å². The SMILES string of the molecule is COCC(C)Oc1ccc(Br)cc1C. The van der Waals surface area contributed by atoms with E-state index >= 15 is 0 Å². The number of aryl methyl sites for hydroxylation is 1. The second kappa shape index (κ2) is 5.37. The van der Waals surface area contributed by atoms with Gasteiger partial charge in [0.05, 0.1) is 6.61 Å². The first-order valence-electron chi connectivity index (χ1n) is 4.55. The highest BCUT2D eigenvalue weighted by Crippen LogP contribution is 2.23. The van der Waals surface area contributed by atoms with Gasteiger partial charge < -0.3 is 9.47 Å². The summed E-state index contributed by atoms with van der Waals surface area (Å²) in [4.78, 5) is 0. The van der Waals surface area contributed by atoms with E-state index in [-0.39, 0.29) is 6.10 Å². The second-order valence-electron chi connectivity index (χ2n) is 3.29. The lowest BCUT2D eigenvalue weighted by Crippen LogP contribution is -2.18. The third kappa shape index (κ3) is 3.31. The molecular weight excluding hydrogens is 244 g/mol. The maximum absolute atomic E-state index is 5.69. The number of halogens is 1. The Morgan fingerprint density at radius 3 is 2.71 bits per heavy atom. The van der Waals surface area contributed by atoms with Gasteiger partial charge in [-0.2, -0.15) is 0 Å². The van der Waals surface area contributed by atoms with Crippen molar-refractivity contribution in [3.05, 3.63) is 28.2 Å². The molecule has 0 fully saturated rings. The molecule has 0 saturated carbocycles. The summed E-state index contributed by atoms with van der Waals surface area (Å²) >= 11 is 3.41. The van der Waals surface area contributed by atoms with Gasteiger partial charge in [-0.05, 0) is 37.6 Å². The maximum Gasteiger partial charge on any atom is 0.122 e. The summed E-state index contributed by atoms with van der Waals surface area (Å²) in [6, 6.07) is 5.97. The summed E-state index contributed by atoms with van der Waals surface area (Å²) in [5, 5.41) is 0. The fourth-order valence-electron chi connectivity index (χ4n) is 1.23. The molecule has 1 aromatic rings. The molecule has 78 valence electrons. The summed E-state index contributed by atoms with van der Waals surface area (Å²) in [5.41, 5.74) is 1.13. The van der Waals surface area contributed by atoms with Crippen molar-refractivity contribution >= 4 is 15.9 Å². The Kier molecular flexibility index (Phi) is 4.42. The molecule has 0 amide bonds. The van der Waals surface area contributed by atoms with Gasteiger partial charge in [-0.15, -0.1) is 0 Å². The zero-order valence-electron chi connectivity index (χ0n) is 8.71. The Labute approximate surface area is 93.4 Å². The van der Waals surface area contributed by atoms with Crippen LogP contribution >= 0.6 is 15.9 Å². The number of methoxy groups -OCH3 is 1. The van der Waals surface area contributed by atoms with E-state index in [0.717, 1.165) is 15.8 Å². The highest BCUT2D eigenvalue weighted by Gasteiger charge is 2.05. The molecular formula is C11H15BrO2. The summed E-state index contributed by atoms with van der Waals surface area (Å²) in [5.74, 6) is 0.915. The van der Waals surface area contributed by atoms with Gasteiger partial charge in [0.2, 0.25) is 0 Å². The first-order valence-corrected chi connectivity index (χ1v) is 5.34. The van der Waals surface area contributed by atoms with Crippen LogP contribution in [0.2, 0.25) is 0 Å². The third-order valence-electron chi connectivity index (χ3n) is 1.87. The van der Waals surface area contributed by atoms with Crippen molar-refractivity contribution in [2.75, 3.05) is 13.7 Å². The molecule has 0 spiro atoms. The lowest BCUT2D eigenvalue weighted by atomic mass is 10.2. The van der Waals surface area contributed by atoms with Gasteiger partial charge in [0.15, 0.2) is 0 Å². The number of hydrogen-bond donors (Lipinski definition) is 0. The lowest BCUT2D eigenvalue weighted by Gasteiger charge is -2.15. The van der Waals surface area contributed by atoms with Crippen molar-refractivity contribution < 1.29 is 9.47 Å². The molecule has 1 unspecified atom stereocenters. The van der Waals surface area contributed by atoms with E-state index in [9.17, 15) is 0 Å². The molecule has 0 N–H and O–H groups in total. The molecule has 0 aliphatic carbocycles. The van der Waals surface area contributed by atoms with E-state index in [1.165, 1.54) is 0 Å². The third-order valence-corrected chi connectivity index (χ3v) is 2.36. The Morgan fingerprint density at radius 1 is 1.43 bits per heavy atom. The van der Waals surface area contributed by atoms with Crippen LogP contribution in [0.5, 0.6) is 5.75 Å². The molecule has 0 bridgehead atoms. The van der Waals surface area contributed by atoms with Crippen LogP contribution in [0.4, 0.5) is 0 Å². The average Bonchev–Trinajstić information content (AvgIpc) is 2.10. The predicted octanol–water partition coefficient (Wildman–Crippen LogP) is 3.17. The summed E-state index contributed by atoms with van der Waals surface area (Å²) in [7, 11) is 1.67. The zero-order valence-corrected chi connectivity index (χ0v) is 10.3. The molecule has 14 heavy (non-hydrogen) atoms. The standard InChI is InChI=1S/C11H15BrO2/c1-8-6-10(12)4-5-11(8)14-9(2)7-13-3/h4-6,9H,7H2,1-3H3. The van der Waals surface area contributed by atoms with Crippen LogP contribution in [0, 0.1) is 6.92 Å². The van der Waals surface area contributed by atoms with Crippen LogP contribution in [-0.4, -0.2) is 19.8 Å². The lowest BCUT2D eigenvalue weighted by molar-refractivity contribution is 0.0916. The minimum absolute atomic E-state index is 0.0832. The number of hydrogen-bond acceptors (Lipinski definition) is 2. The molecule has 0 radical (unpaired) electrons. The Bertz CT molecular complexity index is 299.